The van der Waals surface area contributed by atoms with E-state index in [4.69, 9.17) is 11.6 Å². The van der Waals surface area contributed by atoms with E-state index < -0.39 is 0 Å². The predicted octanol–water partition coefficient (Wildman–Crippen LogP) is 4.08. The highest BCUT2D eigenvalue weighted by molar-refractivity contribution is 7.09. The Labute approximate surface area is 150 Å². The van der Waals surface area contributed by atoms with Gasteiger partial charge in [0, 0.05) is 34.7 Å². The van der Waals surface area contributed by atoms with E-state index in [1.165, 1.54) is 25.3 Å². The Morgan fingerprint density at radius 2 is 2.17 bits per heavy atom. The van der Waals surface area contributed by atoms with Crippen molar-refractivity contribution < 1.29 is 4.39 Å². The van der Waals surface area contributed by atoms with Crippen molar-refractivity contribution in [3.05, 3.63) is 51.2 Å². The molecule has 1 saturated heterocycles. The highest BCUT2D eigenvalue weighted by Gasteiger charge is 2.56. The van der Waals surface area contributed by atoms with Gasteiger partial charge in [-0.2, -0.15) is 0 Å². The predicted molar refractivity (Wildman–Crippen MR) is 95.7 cm³/mol. The molecule has 1 aromatic heterocycles. The largest absolute Gasteiger partial charge is 0.317 e. The Bertz CT molecular complexity index is 700. The van der Waals surface area contributed by atoms with Crippen molar-refractivity contribution in [2.75, 3.05) is 13.1 Å². The van der Waals surface area contributed by atoms with Gasteiger partial charge in [0.1, 0.15) is 10.8 Å². The molecule has 1 atom stereocenters. The number of rotatable bonds is 5. The lowest BCUT2D eigenvalue weighted by molar-refractivity contribution is 0.186. The summed E-state index contributed by atoms with van der Waals surface area (Å²) < 4.78 is 14.3. The minimum absolute atomic E-state index is 0.216. The Morgan fingerprint density at radius 1 is 1.33 bits per heavy atom. The van der Waals surface area contributed by atoms with Gasteiger partial charge in [-0.25, -0.2) is 9.37 Å². The highest BCUT2D eigenvalue weighted by Crippen LogP contribution is 2.56. The lowest BCUT2D eigenvalue weighted by Crippen LogP contribution is -2.36. The molecule has 2 aliphatic rings. The molecule has 0 amide bonds. The lowest BCUT2D eigenvalue weighted by Gasteiger charge is -2.29. The fourth-order valence-corrected chi connectivity index (χ4v) is 4.75. The second-order valence-corrected chi connectivity index (χ2v) is 8.31. The molecule has 24 heavy (non-hydrogen) atoms. The molecule has 4 rings (SSSR count). The Balaban J connectivity index is 1.54. The molecule has 6 heteroatoms. The SMILES string of the molecule is Fc1cc(Cl)ccc1CN(Cc1nccs1)C1CC12CCNCC2. The summed E-state index contributed by atoms with van der Waals surface area (Å²) in [6.07, 6.45) is 5.49. The first-order valence-electron chi connectivity index (χ1n) is 8.43. The molecular weight excluding hydrogens is 345 g/mol. The van der Waals surface area contributed by atoms with Gasteiger partial charge in [0.15, 0.2) is 0 Å². The number of halogens is 2. The van der Waals surface area contributed by atoms with Gasteiger partial charge in [-0.1, -0.05) is 17.7 Å². The van der Waals surface area contributed by atoms with E-state index in [2.05, 4.69) is 15.2 Å². The quantitative estimate of drug-likeness (QED) is 0.865. The maximum Gasteiger partial charge on any atom is 0.129 e. The molecule has 1 aliphatic heterocycles. The van der Waals surface area contributed by atoms with Crippen LogP contribution in [0.2, 0.25) is 5.02 Å². The van der Waals surface area contributed by atoms with Gasteiger partial charge >= 0.3 is 0 Å². The van der Waals surface area contributed by atoms with Crippen LogP contribution >= 0.6 is 22.9 Å². The van der Waals surface area contributed by atoms with E-state index in [0.29, 0.717) is 28.6 Å². The second kappa shape index (κ2) is 6.71. The molecule has 1 spiro atoms. The second-order valence-electron chi connectivity index (χ2n) is 6.90. The zero-order valence-corrected chi connectivity index (χ0v) is 15.0. The van der Waals surface area contributed by atoms with Crippen LogP contribution in [-0.4, -0.2) is 29.0 Å². The average molecular weight is 366 g/mol. The summed E-state index contributed by atoms with van der Waals surface area (Å²) in [4.78, 5) is 6.84. The number of hydrogen-bond donors (Lipinski definition) is 1. The molecular formula is C18H21ClFN3S. The molecule has 2 fully saturated rings. The van der Waals surface area contributed by atoms with Crippen molar-refractivity contribution in [3.63, 3.8) is 0 Å². The first kappa shape index (κ1) is 16.5. The van der Waals surface area contributed by atoms with Crippen LogP contribution in [0.4, 0.5) is 4.39 Å². The van der Waals surface area contributed by atoms with E-state index >= 15 is 0 Å². The van der Waals surface area contributed by atoms with Crippen molar-refractivity contribution in [2.45, 2.75) is 38.4 Å². The first-order chi connectivity index (χ1) is 11.7. The molecule has 3 nitrogen and oxygen atoms in total. The van der Waals surface area contributed by atoms with E-state index in [0.717, 1.165) is 24.6 Å². The molecule has 0 bridgehead atoms. The van der Waals surface area contributed by atoms with E-state index in [-0.39, 0.29) is 5.82 Å². The van der Waals surface area contributed by atoms with Gasteiger partial charge in [-0.3, -0.25) is 4.90 Å². The van der Waals surface area contributed by atoms with E-state index in [1.807, 2.05) is 17.6 Å². The standard InChI is InChI=1S/C18H21ClFN3S/c19-14-2-1-13(15(20)9-14)11-23(12-17-22-7-8-24-17)16-10-18(16)3-5-21-6-4-18/h1-2,7-9,16,21H,3-6,10-12H2. The van der Waals surface area contributed by atoms with Crippen LogP contribution in [0.3, 0.4) is 0 Å². The van der Waals surface area contributed by atoms with Crippen LogP contribution in [-0.2, 0) is 13.1 Å². The van der Waals surface area contributed by atoms with Gasteiger partial charge in [0.25, 0.3) is 0 Å². The maximum atomic E-state index is 14.3. The van der Waals surface area contributed by atoms with Crippen LogP contribution in [0.5, 0.6) is 0 Å². The molecule has 1 unspecified atom stereocenters. The Hall–Kier alpha value is -1.01. The summed E-state index contributed by atoms with van der Waals surface area (Å²) in [5.41, 5.74) is 1.14. The van der Waals surface area contributed by atoms with Crippen LogP contribution < -0.4 is 5.32 Å². The van der Waals surface area contributed by atoms with Crippen molar-refractivity contribution >= 4 is 22.9 Å². The minimum Gasteiger partial charge on any atom is -0.317 e. The third kappa shape index (κ3) is 3.36. The highest BCUT2D eigenvalue weighted by atomic mass is 35.5. The van der Waals surface area contributed by atoms with Gasteiger partial charge < -0.3 is 5.32 Å². The topological polar surface area (TPSA) is 28.2 Å². The number of thiazole rings is 1. The van der Waals surface area contributed by atoms with E-state index in [1.54, 1.807) is 17.4 Å². The van der Waals surface area contributed by atoms with Gasteiger partial charge in [0.05, 0.1) is 6.54 Å². The fourth-order valence-electron chi connectivity index (χ4n) is 3.95. The maximum absolute atomic E-state index is 14.3. The third-order valence-electron chi connectivity index (χ3n) is 5.40. The smallest absolute Gasteiger partial charge is 0.129 e. The molecule has 1 saturated carbocycles. The Morgan fingerprint density at radius 3 is 2.88 bits per heavy atom. The zero-order valence-electron chi connectivity index (χ0n) is 13.5. The van der Waals surface area contributed by atoms with Crippen molar-refractivity contribution in [3.8, 4) is 0 Å². The lowest BCUT2D eigenvalue weighted by atomic mass is 9.93. The summed E-state index contributed by atoms with van der Waals surface area (Å²) in [5.74, 6) is -0.216. The number of piperidine rings is 1. The number of nitrogens with zero attached hydrogens (tertiary/aromatic N) is 2. The molecule has 2 heterocycles. The summed E-state index contributed by atoms with van der Waals surface area (Å²) in [6, 6.07) is 5.52. The normalized spacial score (nSPS) is 22.2. The molecule has 1 aromatic carbocycles. The monoisotopic (exact) mass is 365 g/mol. The van der Waals surface area contributed by atoms with Gasteiger partial charge in [0.2, 0.25) is 0 Å². The minimum atomic E-state index is -0.216. The molecule has 1 N–H and O–H groups in total. The van der Waals surface area contributed by atoms with Crippen molar-refractivity contribution in [1.82, 2.24) is 15.2 Å². The molecule has 0 radical (unpaired) electrons. The zero-order chi connectivity index (χ0) is 16.6. The van der Waals surface area contributed by atoms with Crippen LogP contribution in [0.25, 0.3) is 0 Å². The van der Waals surface area contributed by atoms with Crippen LogP contribution in [0.1, 0.15) is 29.8 Å². The summed E-state index contributed by atoms with van der Waals surface area (Å²) in [7, 11) is 0. The van der Waals surface area contributed by atoms with Crippen molar-refractivity contribution in [1.29, 1.82) is 0 Å². The molecule has 1 aliphatic carbocycles. The summed E-state index contributed by atoms with van der Waals surface area (Å²) in [6.45, 7) is 3.59. The van der Waals surface area contributed by atoms with Gasteiger partial charge in [-0.05, 0) is 49.9 Å². The third-order valence-corrected chi connectivity index (χ3v) is 6.40. The Kier molecular flexibility index (Phi) is 4.60. The summed E-state index contributed by atoms with van der Waals surface area (Å²) in [5, 5.41) is 7.00. The molecule has 2 aromatic rings. The number of hydrogen-bond acceptors (Lipinski definition) is 4. The van der Waals surface area contributed by atoms with Crippen LogP contribution in [0.15, 0.2) is 29.8 Å². The van der Waals surface area contributed by atoms with Crippen molar-refractivity contribution in [2.24, 2.45) is 5.41 Å². The average Bonchev–Trinajstić information content (AvgIpc) is 3.02. The number of aromatic nitrogens is 1. The first-order valence-corrected chi connectivity index (χ1v) is 9.69. The number of benzene rings is 1. The fraction of sp³-hybridized carbons (Fsp3) is 0.500. The van der Waals surface area contributed by atoms with Crippen LogP contribution in [0, 0.1) is 11.2 Å². The number of nitrogens with one attached hydrogen (secondary N) is 1. The van der Waals surface area contributed by atoms with E-state index in [9.17, 15) is 4.39 Å². The van der Waals surface area contributed by atoms with Gasteiger partial charge in [-0.15, -0.1) is 11.3 Å². The molecule has 128 valence electrons. The summed E-state index contributed by atoms with van der Waals surface area (Å²) >= 11 is 7.56.